The molecule has 1 aromatic carbocycles. The van der Waals surface area contributed by atoms with Gasteiger partial charge in [-0.1, -0.05) is 6.07 Å². The third kappa shape index (κ3) is 2.47. The Balaban J connectivity index is 2.43. The Morgan fingerprint density at radius 2 is 2.22 bits per heavy atom. The Hall–Kier alpha value is -1.18. The quantitative estimate of drug-likeness (QED) is 0.826. The summed E-state index contributed by atoms with van der Waals surface area (Å²) in [5.41, 5.74) is 0.257. The number of aromatic hydroxyl groups is 1. The molecular formula is C11H14FNO4S. The highest BCUT2D eigenvalue weighted by molar-refractivity contribution is 7.90. The number of phenols is 1. The number of benzene rings is 1. The van der Waals surface area contributed by atoms with E-state index >= 15 is 0 Å². The van der Waals surface area contributed by atoms with Gasteiger partial charge in [0.25, 0.3) is 0 Å². The number of ether oxygens (including phenoxy) is 1. The first-order chi connectivity index (χ1) is 8.41. The largest absolute Gasteiger partial charge is 0.505 e. The molecule has 0 amide bonds. The molecule has 0 radical (unpaired) electrons. The van der Waals surface area contributed by atoms with Gasteiger partial charge in [0, 0.05) is 24.9 Å². The zero-order chi connectivity index (χ0) is 13.3. The van der Waals surface area contributed by atoms with Crippen molar-refractivity contribution in [2.75, 3.05) is 26.0 Å². The van der Waals surface area contributed by atoms with Crippen LogP contribution in [0.1, 0.15) is 11.7 Å². The van der Waals surface area contributed by atoms with E-state index in [-0.39, 0.29) is 5.56 Å². The van der Waals surface area contributed by atoms with E-state index in [2.05, 4.69) is 5.32 Å². The van der Waals surface area contributed by atoms with Crippen LogP contribution in [-0.4, -0.2) is 39.5 Å². The third-order valence-electron chi connectivity index (χ3n) is 2.79. The minimum Gasteiger partial charge on any atom is -0.505 e. The van der Waals surface area contributed by atoms with E-state index < -0.39 is 32.4 Å². The van der Waals surface area contributed by atoms with Gasteiger partial charge < -0.3 is 15.2 Å². The van der Waals surface area contributed by atoms with E-state index in [9.17, 15) is 17.9 Å². The highest BCUT2D eigenvalue weighted by atomic mass is 32.2. The maximum absolute atomic E-state index is 13.8. The van der Waals surface area contributed by atoms with Gasteiger partial charge in [0.05, 0.1) is 12.7 Å². The van der Waals surface area contributed by atoms with Crippen molar-refractivity contribution in [2.24, 2.45) is 0 Å². The van der Waals surface area contributed by atoms with Crippen LogP contribution in [0.25, 0.3) is 0 Å². The monoisotopic (exact) mass is 275 g/mol. The average Bonchev–Trinajstić information content (AvgIpc) is 2.32. The normalized spacial score (nSPS) is 20.9. The first-order valence-electron chi connectivity index (χ1n) is 5.45. The number of hydrogen-bond acceptors (Lipinski definition) is 5. The Morgan fingerprint density at radius 3 is 2.78 bits per heavy atom. The van der Waals surface area contributed by atoms with Crippen LogP contribution in [-0.2, 0) is 14.6 Å². The summed E-state index contributed by atoms with van der Waals surface area (Å²) in [6.45, 7) is 1.60. The Bertz CT molecular complexity index is 552. The molecule has 100 valence electrons. The van der Waals surface area contributed by atoms with Crippen LogP contribution in [0, 0.1) is 5.82 Å². The van der Waals surface area contributed by atoms with Crippen LogP contribution in [0.15, 0.2) is 17.0 Å². The molecular weight excluding hydrogens is 261 g/mol. The fourth-order valence-electron chi connectivity index (χ4n) is 1.87. The van der Waals surface area contributed by atoms with Crippen molar-refractivity contribution < 1.29 is 22.7 Å². The molecule has 1 unspecified atom stereocenters. The van der Waals surface area contributed by atoms with E-state index in [1.807, 2.05) is 0 Å². The molecule has 1 atom stereocenters. The topological polar surface area (TPSA) is 75.6 Å². The smallest absolute Gasteiger partial charge is 0.183 e. The van der Waals surface area contributed by atoms with Gasteiger partial charge in [-0.2, -0.15) is 0 Å². The van der Waals surface area contributed by atoms with Gasteiger partial charge in [-0.25, -0.2) is 12.8 Å². The van der Waals surface area contributed by atoms with Crippen molar-refractivity contribution in [1.29, 1.82) is 0 Å². The third-order valence-corrected chi connectivity index (χ3v) is 3.90. The molecule has 18 heavy (non-hydrogen) atoms. The molecule has 1 aliphatic heterocycles. The molecule has 2 rings (SSSR count). The molecule has 2 N–H and O–H groups in total. The Kier molecular flexibility index (Phi) is 3.56. The average molecular weight is 275 g/mol. The number of hydrogen-bond donors (Lipinski definition) is 2. The van der Waals surface area contributed by atoms with E-state index in [1.54, 1.807) is 0 Å². The number of morpholine rings is 1. The molecule has 0 aliphatic carbocycles. The van der Waals surface area contributed by atoms with E-state index in [4.69, 9.17) is 4.74 Å². The van der Waals surface area contributed by atoms with Crippen LogP contribution >= 0.6 is 0 Å². The number of halogens is 1. The predicted molar refractivity (Wildman–Crippen MR) is 62.7 cm³/mol. The number of nitrogens with one attached hydrogen (secondary N) is 1. The van der Waals surface area contributed by atoms with Crippen molar-refractivity contribution in [2.45, 2.75) is 11.0 Å². The molecule has 0 aromatic heterocycles. The fraction of sp³-hybridized carbons (Fsp3) is 0.455. The van der Waals surface area contributed by atoms with Crippen LogP contribution in [0.2, 0.25) is 0 Å². The summed E-state index contributed by atoms with van der Waals surface area (Å²) in [6.07, 6.45) is 0.422. The maximum Gasteiger partial charge on any atom is 0.183 e. The summed E-state index contributed by atoms with van der Waals surface area (Å²) >= 11 is 0. The molecule has 1 aromatic rings. The summed E-state index contributed by atoms with van der Waals surface area (Å²) < 4.78 is 41.8. The minimum absolute atomic E-state index is 0.257. The van der Waals surface area contributed by atoms with Crippen molar-refractivity contribution in [3.05, 3.63) is 23.5 Å². The molecule has 1 heterocycles. The first-order valence-corrected chi connectivity index (χ1v) is 7.34. The van der Waals surface area contributed by atoms with Gasteiger partial charge in [-0.15, -0.1) is 0 Å². The van der Waals surface area contributed by atoms with Gasteiger partial charge in [0.15, 0.2) is 21.4 Å². The second-order valence-electron chi connectivity index (χ2n) is 4.15. The molecule has 7 heteroatoms. The summed E-state index contributed by atoms with van der Waals surface area (Å²) in [4.78, 5) is -0.507. The lowest BCUT2D eigenvalue weighted by atomic mass is 10.1. The first kappa shape index (κ1) is 13.3. The lowest BCUT2D eigenvalue weighted by molar-refractivity contribution is 0.0259. The highest BCUT2D eigenvalue weighted by Gasteiger charge is 2.25. The number of sulfone groups is 1. The minimum atomic E-state index is -3.69. The predicted octanol–water partition coefficient (Wildman–Crippen LogP) is 0.596. The maximum atomic E-state index is 13.8. The molecule has 1 fully saturated rings. The zero-order valence-electron chi connectivity index (χ0n) is 9.81. The molecule has 0 saturated carbocycles. The highest BCUT2D eigenvalue weighted by Crippen LogP contribution is 2.33. The van der Waals surface area contributed by atoms with Crippen LogP contribution < -0.4 is 5.32 Å². The van der Waals surface area contributed by atoms with Gasteiger partial charge in [-0.3, -0.25) is 0 Å². The van der Waals surface area contributed by atoms with E-state index in [0.29, 0.717) is 19.7 Å². The van der Waals surface area contributed by atoms with E-state index in [0.717, 1.165) is 12.3 Å². The number of phenolic OH excluding ortho intramolecular Hbond substituents is 1. The van der Waals surface area contributed by atoms with Crippen molar-refractivity contribution in [3.63, 3.8) is 0 Å². The van der Waals surface area contributed by atoms with Gasteiger partial charge in [0.1, 0.15) is 4.90 Å². The Labute approximate surface area is 104 Å². The summed E-state index contributed by atoms with van der Waals surface area (Å²) in [7, 11) is -3.69. The Morgan fingerprint density at radius 1 is 1.50 bits per heavy atom. The van der Waals surface area contributed by atoms with Crippen molar-refractivity contribution >= 4 is 9.84 Å². The van der Waals surface area contributed by atoms with Gasteiger partial charge >= 0.3 is 0 Å². The number of rotatable bonds is 2. The summed E-state index contributed by atoms with van der Waals surface area (Å²) in [6, 6.07) is 2.53. The summed E-state index contributed by atoms with van der Waals surface area (Å²) in [5.74, 6) is -1.78. The molecule has 1 aliphatic rings. The molecule has 1 saturated heterocycles. The molecule has 0 bridgehead atoms. The van der Waals surface area contributed by atoms with Crippen molar-refractivity contribution in [3.8, 4) is 5.75 Å². The SMILES string of the molecule is CS(=O)(=O)c1ccc(C2CNCCO2)c(O)c1F. The van der Waals surface area contributed by atoms with E-state index in [1.165, 1.54) is 6.07 Å². The van der Waals surface area contributed by atoms with Crippen LogP contribution in [0.3, 0.4) is 0 Å². The van der Waals surface area contributed by atoms with Crippen molar-refractivity contribution in [1.82, 2.24) is 5.32 Å². The van der Waals surface area contributed by atoms with Gasteiger partial charge in [-0.05, 0) is 6.07 Å². The lowest BCUT2D eigenvalue weighted by Crippen LogP contribution is -2.33. The molecule has 0 spiro atoms. The van der Waals surface area contributed by atoms with Crippen LogP contribution in [0.5, 0.6) is 5.75 Å². The van der Waals surface area contributed by atoms with Crippen LogP contribution in [0.4, 0.5) is 4.39 Å². The second kappa shape index (κ2) is 4.83. The zero-order valence-corrected chi connectivity index (χ0v) is 10.6. The summed E-state index contributed by atoms with van der Waals surface area (Å²) in [5, 5.41) is 12.8. The van der Waals surface area contributed by atoms with Gasteiger partial charge in [0.2, 0.25) is 0 Å². The lowest BCUT2D eigenvalue weighted by Gasteiger charge is -2.24. The fourth-order valence-corrected chi connectivity index (χ4v) is 2.61. The second-order valence-corrected chi connectivity index (χ2v) is 6.14. The standard InChI is InChI=1S/C11H14FNO4S/c1-18(15,16)9-3-2-7(11(14)10(9)12)8-6-13-4-5-17-8/h2-3,8,13-14H,4-6H2,1H3. The molecule has 5 nitrogen and oxygen atoms in total.